The number of likely N-dealkylation sites (tertiary alicyclic amines) is 1. The van der Waals surface area contributed by atoms with Gasteiger partial charge in [-0.25, -0.2) is 0 Å². The molecule has 0 bridgehead atoms. The first-order valence-corrected chi connectivity index (χ1v) is 11.9. The predicted molar refractivity (Wildman–Crippen MR) is 125 cm³/mol. The summed E-state index contributed by atoms with van der Waals surface area (Å²) in [5, 5.41) is 2.94. The summed E-state index contributed by atoms with van der Waals surface area (Å²) < 4.78 is 49.7. The van der Waals surface area contributed by atoms with E-state index < -0.39 is 11.7 Å². The number of benzene rings is 2. The van der Waals surface area contributed by atoms with Crippen molar-refractivity contribution < 1.29 is 32.2 Å². The van der Waals surface area contributed by atoms with Gasteiger partial charge in [-0.1, -0.05) is 0 Å². The molecule has 6 nitrogen and oxygen atoms in total. The minimum Gasteiger partial charge on any atom is -0.493 e. The second kappa shape index (κ2) is 10.6. The van der Waals surface area contributed by atoms with E-state index in [0.717, 1.165) is 37.8 Å². The molecule has 0 aromatic heterocycles. The van der Waals surface area contributed by atoms with Gasteiger partial charge in [0.2, 0.25) is 5.91 Å². The van der Waals surface area contributed by atoms with Gasteiger partial charge in [0.1, 0.15) is 0 Å². The van der Waals surface area contributed by atoms with Crippen molar-refractivity contribution in [2.75, 3.05) is 25.5 Å². The lowest BCUT2D eigenvalue weighted by Crippen LogP contribution is -2.41. The molecule has 188 valence electrons. The topological polar surface area (TPSA) is 67.9 Å². The van der Waals surface area contributed by atoms with E-state index in [1.165, 1.54) is 12.1 Å². The summed E-state index contributed by atoms with van der Waals surface area (Å²) in [7, 11) is 1.58. The quantitative estimate of drug-likeness (QED) is 0.579. The molecule has 1 N–H and O–H groups in total. The molecular weight excluding hydrogens is 461 g/mol. The first-order valence-electron chi connectivity index (χ1n) is 11.9. The maximum absolute atomic E-state index is 12.9. The zero-order valence-corrected chi connectivity index (χ0v) is 19.6. The summed E-state index contributed by atoms with van der Waals surface area (Å²) in [4.78, 5) is 27.1. The van der Waals surface area contributed by atoms with E-state index in [1.807, 2.05) is 0 Å². The summed E-state index contributed by atoms with van der Waals surface area (Å²) in [5.74, 6) is 0.483. The maximum Gasteiger partial charge on any atom is 0.416 e. The summed E-state index contributed by atoms with van der Waals surface area (Å²) in [6, 6.07) is 9.52. The highest BCUT2D eigenvalue weighted by molar-refractivity contribution is 5.95. The molecule has 0 unspecified atom stereocenters. The van der Waals surface area contributed by atoms with Gasteiger partial charge >= 0.3 is 6.18 Å². The molecule has 1 aliphatic heterocycles. The summed E-state index contributed by atoms with van der Waals surface area (Å²) in [5.41, 5.74) is 0.0285. The van der Waals surface area contributed by atoms with Crippen LogP contribution in [0.5, 0.6) is 11.5 Å². The first-order chi connectivity index (χ1) is 16.7. The number of halogens is 3. The number of ether oxygens (including phenoxy) is 2. The highest BCUT2D eigenvalue weighted by Crippen LogP contribution is 2.34. The molecule has 4 rings (SSSR count). The molecule has 1 saturated heterocycles. The number of nitrogens with zero attached hydrogens (tertiary/aromatic N) is 1. The average molecular weight is 491 g/mol. The minimum absolute atomic E-state index is 0.136. The standard InChI is InChI=1S/C26H29F3N2O4/c1-34-22-11-10-20(16-23(22)35-21-4-2-3-5-21)30-24(32)17-12-14-31(15-13-17)25(33)18-6-8-19(9-7-18)26(27,28)29/h6-11,16-17,21H,2-5,12-15H2,1H3,(H,30,32). The first kappa shape index (κ1) is 24.9. The van der Waals surface area contributed by atoms with Crippen molar-refractivity contribution in [1.82, 2.24) is 4.90 Å². The van der Waals surface area contributed by atoms with Crippen LogP contribution in [0.1, 0.15) is 54.4 Å². The molecule has 0 atom stereocenters. The van der Waals surface area contributed by atoms with E-state index in [2.05, 4.69) is 5.32 Å². The van der Waals surface area contributed by atoms with E-state index in [-0.39, 0.29) is 29.4 Å². The number of carbonyl (C=O) groups is 2. The van der Waals surface area contributed by atoms with Gasteiger partial charge in [-0.2, -0.15) is 13.2 Å². The molecule has 35 heavy (non-hydrogen) atoms. The molecular formula is C26H29F3N2O4. The zero-order valence-electron chi connectivity index (χ0n) is 19.6. The van der Waals surface area contributed by atoms with Crippen molar-refractivity contribution in [2.45, 2.75) is 50.8 Å². The van der Waals surface area contributed by atoms with Crippen LogP contribution < -0.4 is 14.8 Å². The number of alkyl halides is 3. The molecule has 2 amide bonds. The van der Waals surface area contributed by atoms with E-state index >= 15 is 0 Å². The minimum atomic E-state index is -4.44. The third-order valence-corrected chi connectivity index (χ3v) is 6.64. The van der Waals surface area contributed by atoms with E-state index in [0.29, 0.717) is 43.1 Å². The van der Waals surface area contributed by atoms with Crippen molar-refractivity contribution in [1.29, 1.82) is 0 Å². The van der Waals surface area contributed by atoms with Crippen LogP contribution in [0, 0.1) is 5.92 Å². The Bertz CT molecular complexity index is 1040. The summed E-state index contributed by atoms with van der Waals surface area (Å²) >= 11 is 0. The molecule has 2 aliphatic rings. The Morgan fingerprint density at radius 1 is 0.943 bits per heavy atom. The lowest BCUT2D eigenvalue weighted by atomic mass is 9.95. The predicted octanol–water partition coefficient (Wildman–Crippen LogP) is 5.53. The fraction of sp³-hybridized carbons (Fsp3) is 0.462. The third kappa shape index (κ3) is 6.07. The van der Waals surface area contributed by atoms with Gasteiger partial charge in [0.15, 0.2) is 11.5 Å². The number of nitrogens with one attached hydrogen (secondary N) is 1. The smallest absolute Gasteiger partial charge is 0.416 e. The van der Waals surface area contributed by atoms with Gasteiger partial charge in [0.25, 0.3) is 5.91 Å². The molecule has 1 heterocycles. The number of amides is 2. The van der Waals surface area contributed by atoms with Crippen LogP contribution in [0.4, 0.5) is 18.9 Å². The van der Waals surface area contributed by atoms with Crippen molar-refractivity contribution in [3.63, 3.8) is 0 Å². The normalized spacial score (nSPS) is 17.3. The van der Waals surface area contributed by atoms with E-state index in [4.69, 9.17) is 9.47 Å². The average Bonchev–Trinajstić information content (AvgIpc) is 3.36. The molecule has 1 saturated carbocycles. The third-order valence-electron chi connectivity index (χ3n) is 6.64. The van der Waals surface area contributed by atoms with Crippen LogP contribution in [0.3, 0.4) is 0 Å². The lowest BCUT2D eigenvalue weighted by molar-refractivity contribution is -0.137. The van der Waals surface area contributed by atoms with Gasteiger partial charge in [-0.05, 0) is 74.9 Å². The monoisotopic (exact) mass is 490 g/mol. The number of hydrogen-bond donors (Lipinski definition) is 1. The molecule has 2 aromatic carbocycles. The highest BCUT2D eigenvalue weighted by atomic mass is 19.4. The fourth-order valence-electron chi connectivity index (χ4n) is 4.61. The van der Waals surface area contributed by atoms with Crippen LogP contribution in [0.25, 0.3) is 0 Å². The number of hydrogen-bond acceptors (Lipinski definition) is 4. The van der Waals surface area contributed by atoms with Gasteiger partial charge in [-0.15, -0.1) is 0 Å². The summed E-state index contributed by atoms with van der Waals surface area (Å²) in [6.07, 6.45) is 0.946. The molecule has 1 aliphatic carbocycles. The second-order valence-electron chi connectivity index (χ2n) is 9.02. The Hall–Kier alpha value is -3.23. The second-order valence-corrected chi connectivity index (χ2v) is 9.02. The van der Waals surface area contributed by atoms with Crippen LogP contribution in [-0.2, 0) is 11.0 Å². The number of methoxy groups -OCH3 is 1. The number of carbonyl (C=O) groups excluding carboxylic acids is 2. The van der Waals surface area contributed by atoms with Gasteiger partial charge in [0, 0.05) is 36.3 Å². The van der Waals surface area contributed by atoms with Crippen LogP contribution in [0.2, 0.25) is 0 Å². The molecule has 2 fully saturated rings. The largest absolute Gasteiger partial charge is 0.493 e. The Balaban J connectivity index is 1.32. The highest BCUT2D eigenvalue weighted by Gasteiger charge is 2.31. The SMILES string of the molecule is COc1ccc(NC(=O)C2CCN(C(=O)c3ccc(C(F)(F)F)cc3)CC2)cc1OC1CCCC1. The Kier molecular flexibility index (Phi) is 7.52. The lowest BCUT2D eigenvalue weighted by Gasteiger charge is -2.31. The Labute approximate surface area is 202 Å². The number of anilines is 1. The number of piperidine rings is 1. The van der Waals surface area contributed by atoms with E-state index in [1.54, 1.807) is 30.2 Å². The van der Waals surface area contributed by atoms with Gasteiger partial charge in [-0.3, -0.25) is 9.59 Å². The molecule has 0 radical (unpaired) electrons. The van der Waals surface area contributed by atoms with Crippen molar-refractivity contribution in [3.05, 3.63) is 53.6 Å². The van der Waals surface area contributed by atoms with Crippen LogP contribution >= 0.6 is 0 Å². The van der Waals surface area contributed by atoms with E-state index in [9.17, 15) is 22.8 Å². The Morgan fingerprint density at radius 2 is 1.60 bits per heavy atom. The fourth-order valence-corrected chi connectivity index (χ4v) is 4.61. The van der Waals surface area contributed by atoms with Crippen molar-refractivity contribution in [2.24, 2.45) is 5.92 Å². The summed E-state index contributed by atoms with van der Waals surface area (Å²) in [6.45, 7) is 0.715. The molecule has 0 spiro atoms. The van der Waals surface area contributed by atoms with Crippen molar-refractivity contribution >= 4 is 17.5 Å². The van der Waals surface area contributed by atoms with Crippen molar-refractivity contribution in [3.8, 4) is 11.5 Å². The molecule has 2 aromatic rings. The van der Waals surface area contributed by atoms with Gasteiger partial charge < -0.3 is 19.7 Å². The van der Waals surface area contributed by atoms with Gasteiger partial charge in [0.05, 0.1) is 18.8 Å². The Morgan fingerprint density at radius 3 is 2.20 bits per heavy atom. The maximum atomic E-state index is 12.9. The van der Waals surface area contributed by atoms with Crippen LogP contribution in [0.15, 0.2) is 42.5 Å². The van der Waals surface area contributed by atoms with Crippen LogP contribution in [-0.4, -0.2) is 43.0 Å². The zero-order chi connectivity index (χ0) is 25.0. The molecule has 9 heteroatoms. The number of rotatable bonds is 6.